The SMILES string of the molecule is CCCCCCCCCCc1cccc(OC(CCC)OC(=O)C(CC)[N+](C)(C)Cc2ccccc2)c1. The molecule has 4 heteroatoms. The minimum Gasteiger partial charge on any atom is -0.455 e. The number of carbonyl (C=O) groups excluding carboxylic acids is 1. The number of benzene rings is 2. The van der Waals surface area contributed by atoms with E-state index in [2.05, 4.69) is 65.2 Å². The lowest BCUT2D eigenvalue weighted by atomic mass is 10.0. The van der Waals surface area contributed by atoms with Gasteiger partial charge in [-0.15, -0.1) is 0 Å². The Kier molecular flexibility index (Phi) is 14.4. The van der Waals surface area contributed by atoms with Crippen molar-refractivity contribution in [3.05, 3.63) is 65.7 Å². The number of hydrogen-bond acceptors (Lipinski definition) is 3. The van der Waals surface area contributed by atoms with Crippen molar-refractivity contribution in [2.24, 2.45) is 0 Å². The van der Waals surface area contributed by atoms with E-state index in [9.17, 15) is 4.79 Å². The Balaban J connectivity index is 1.90. The van der Waals surface area contributed by atoms with Crippen LogP contribution in [0.25, 0.3) is 0 Å². The highest BCUT2D eigenvalue weighted by atomic mass is 16.7. The van der Waals surface area contributed by atoms with E-state index in [1.165, 1.54) is 62.5 Å². The highest BCUT2D eigenvalue weighted by molar-refractivity contribution is 5.74. The third-order valence-corrected chi connectivity index (χ3v) is 7.19. The summed E-state index contributed by atoms with van der Waals surface area (Å²) in [5, 5.41) is 0. The fourth-order valence-electron chi connectivity index (χ4n) is 5.09. The van der Waals surface area contributed by atoms with E-state index < -0.39 is 6.29 Å². The molecule has 2 rings (SSSR count). The van der Waals surface area contributed by atoms with Gasteiger partial charge in [0.1, 0.15) is 12.3 Å². The second-order valence-electron chi connectivity index (χ2n) is 11.0. The van der Waals surface area contributed by atoms with E-state index in [1.807, 2.05) is 24.3 Å². The summed E-state index contributed by atoms with van der Waals surface area (Å²) >= 11 is 0. The first-order valence-corrected chi connectivity index (χ1v) is 14.7. The van der Waals surface area contributed by atoms with Crippen LogP contribution in [0.2, 0.25) is 0 Å². The van der Waals surface area contributed by atoms with Gasteiger partial charge in [-0.3, -0.25) is 0 Å². The van der Waals surface area contributed by atoms with Crippen LogP contribution in [-0.2, 0) is 22.5 Å². The van der Waals surface area contributed by atoms with Gasteiger partial charge in [-0.2, -0.15) is 0 Å². The highest BCUT2D eigenvalue weighted by Gasteiger charge is 2.36. The molecule has 0 radical (unpaired) electrons. The number of nitrogens with zero attached hydrogens (tertiary/aromatic N) is 1. The Morgan fingerprint density at radius 3 is 2.08 bits per heavy atom. The summed E-state index contributed by atoms with van der Waals surface area (Å²) in [5.74, 6) is 0.603. The van der Waals surface area contributed by atoms with Crippen molar-refractivity contribution in [3.63, 3.8) is 0 Å². The van der Waals surface area contributed by atoms with Crippen molar-refractivity contribution >= 4 is 5.97 Å². The van der Waals surface area contributed by atoms with Crippen molar-refractivity contribution in [1.29, 1.82) is 0 Å². The maximum absolute atomic E-state index is 13.3. The van der Waals surface area contributed by atoms with Crippen LogP contribution >= 0.6 is 0 Å². The predicted octanol–water partition coefficient (Wildman–Crippen LogP) is 8.47. The van der Waals surface area contributed by atoms with E-state index >= 15 is 0 Å². The molecule has 0 amide bonds. The van der Waals surface area contributed by atoms with Crippen LogP contribution in [-0.4, -0.2) is 36.9 Å². The zero-order valence-electron chi connectivity index (χ0n) is 24.2. The van der Waals surface area contributed by atoms with Crippen LogP contribution in [0.15, 0.2) is 54.6 Å². The number of rotatable bonds is 19. The van der Waals surface area contributed by atoms with Crippen LogP contribution in [0.5, 0.6) is 5.75 Å². The van der Waals surface area contributed by atoms with Gasteiger partial charge in [0, 0.05) is 18.4 Å². The third-order valence-electron chi connectivity index (χ3n) is 7.19. The summed E-state index contributed by atoms with van der Waals surface area (Å²) in [6.45, 7) is 7.19. The monoisotopic (exact) mass is 510 g/mol. The molecule has 37 heavy (non-hydrogen) atoms. The second-order valence-corrected chi connectivity index (χ2v) is 11.0. The number of unbranched alkanes of at least 4 members (excludes halogenated alkanes) is 7. The Morgan fingerprint density at radius 1 is 0.784 bits per heavy atom. The van der Waals surface area contributed by atoms with Crippen molar-refractivity contribution in [3.8, 4) is 5.75 Å². The van der Waals surface area contributed by atoms with Crippen LogP contribution in [0.3, 0.4) is 0 Å². The lowest BCUT2D eigenvalue weighted by molar-refractivity contribution is -0.919. The van der Waals surface area contributed by atoms with Gasteiger partial charge in [0.25, 0.3) is 0 Å². The van der Waals surface area contributed by atoms with Crippen molar-refractivity contribution in [2.45, 2.75) is 117 Å². The van der Waals surface area contributed by atoms with E-state index in [-0.39, 0.29) is 12.0 Å². The van der Waals surface area contributed by atoms with Crippen molar-refractivity contribution < 1.29 is 18.8 Å². The average Bonchev–Trinajstić information content (AvgIpc) is 2.86. The first-order valence-electron chi connectivity index (χ1n) is 14.7. The fraction of sp³-hybridized carbons (Fsp3) is 0.606. The molecule has 4 nitrogen and oxygen atoms in total. The van der Waals surface area contributed by atoms with Gasteiger partial charge in [-0.05, 0) is 37.0 Å². The number of hydrogen-bond donors (Lipinski definition) is 0. The molecule has 0 N–H and O–H groups in total. The number of carbonyl (C=O) groups is 1. The molecule has 2 aromatic carbocycles. The standard InChI is InChI=1S/C33H52NO3/c1-6-9-10-11-12-13-14-16-21-28-24-19-25-30(26-28)36-32(20-7-2)37-33(35)31(8-3)34(4,5)27-29-22-17-15-18-23-29/h15,17-19,22-26,31-32H,6-14,16,20-21,27H2,1-5H3/q+1. The minimum atomic E-state index is -0.568. The van der Waals surface area contributed by atoms with Gasteiger partial charge in [0.05, 0.1) is 14.1 Å². The third kappa shape index (κ3) is 11.7. The molecule has 0 bridgehead atoms. The first-order chi connectivity index (χ1) is 17.9. The summed E-state index contributed by atoms with van der Waals surface area (Å²) in [4.78, 5) is 13.3. The molecule has 2 aromatic rings. The number of ether oxygens (including phenoxy) is 2. The minimum absolute atomic E-state index is 0.183. The van der Waals surface area contributed by atoms with E-state index in [1.54, 1.807) is 0 Å². The van der Waals surface area contributed by atoms with Crippen LogP contribution in [0, 0.1) is 0 Å². The molecular formula is C33H52NO3+. The fourth-order valence-corrected chi connectivity index (χ4v) is 5.09. The van der Waals surface area contributed by atoms with E-state index in [0.29, 0.717) is 17.3 Å². The lowest BCUT2D eigenvalue weighted by Crippen LogP contribution is -2.53. The zero-order chi connectivity index (χ0) is 26.9. The Morgan fingerprint density at radius 2 is 1.43 bits per heavy atom. The molecule has 2 atom stereocenters. The second kappa shape index (κ2) is 17.2. The summed E-state index contributed by atoms with van der Waals surface area (Å²) in [6.07, 6.45) is 13.4. The number of aryl methyl sites for hydroxylation is 1. The molecular weight excluding hydrogens is 458 g/mol. The summed E-state index contributed by atoms with van der Waals surface area (Å²) in [7, 11) is 4.21. The Labute approximate surface area is 227 Å². The highest BCUT2D eigenvalue weighted by Crippen LogP contribution is 2.22. The quantitative estimate of drug-likeness (QED) is 0.0823. The van der Waals surface area contributed by atoms with Crippen LogP contribution in [0.1, 0.15) is 103 Å². The van der Waals surface area contributed by atoms with E-state index in [0.717, 1.165) is 25.1 Å². The number of likely N-dealkylation sites (N-methyl/N-ethyl adjacent to an activating group) is 1. The largest absolute Gasteiger partial charge is 0.455 e. The van der Waals surface area contributed by atoms with Gasteiger partial charge in [-0.25, -0.2) is 4.79 Å². The molecule has 206 valence electrons. The maximum Gasteiger partial charge on any atom is 0.368 e. The predicted molar refractivity (Wildman–Crippen MR) is 155 cm³/mol. The Bertz CT molecular complexity index is 880. The normalized spacial score (nSPS) is 13.2. The smallest absolute Gasteiger partial charge is 0.368 e. The molecule has 2 unspecified atom stereocenters. The molecule has 0 aliphatic heterocycles. The Hall–Kier alpha value is -2.33. The first kappa shape index (κ1) is 30.9. The van der Waals surface area contributed by atoms with Gasteiger partial charge in [0.15, 0.2) is 6.04 Å². The van der Waals surface area contributed by atoms with Gasteiger partial charge in [0.2, 0.25) is 6.29 Å². The van der Waals surface area contributed by atoms with Crippen LogP contribution < -0.4 is 4.74 Å². The van der Waals surface area contributed by atoms with Crippen molar-refractivity contribution in [2.75, 3.05) is 14.1 Å². The summed E-state index contributed by atoms with van der Waals surface area (Å²) < 4.78 is 12.8. The number of quaternary nitrogens is 1. The number of esters is 1. The molecule has 0 saturated carbocycles. The summed E-state index contributed by atoms with van der Waals surface area (Å²) in [5.41, 5.74) is 2.51. The molecule has 0 aliphatic rings. The zero-order valence-corrected chi connectivity index (χ0v) is 24.2. The van der Waals surface area contributed by atoms with Crippen molar-refractivity contribution in [1.82, 2.24) is 0 Å². The molecule has 0 fully saturated rings. The van der Waals surface area contributed by atoms with Gasteiger partial charge < -0.3 is 14.0 Å². The lowest BCUT2D eigenvalue weighted by Gasteiger charge is -2.36. The van der Waals surface area contributed by atoms with Crippen LogP contribution in [0.4, 0.5) is 0 Å². The molecule has 0 aliphatic carbocycles. The molecule has 0 spiro atoms. The molecule has 0 heterocycles. The molecule has 0 aromatic heterocycles. The van der Waals surface area contributed by atoms with Gasteiger partial charge >= 0.3 is 5.97 Å². The topological polar surface area (TPSA) is 35.5 Å². The van der Waals surface area contributed by atoms with Gasteiger partial charge in [-0.1, -0.05) is 108 Å². The molecule has 0 saturated heterocycles. The summed E-state index contributed by atoms with van der Waals surface area (Å²) in [6, 6.07) is 18.4. The maximum atomic E-state index is 13.3. The average molecular weight is 511 g/mol. The van der Waals surface area contributed by atoms with E-state index in [4.69, 9.17) is 9.47 Å².